The van der Waals surface area contributed by atoms with Gasteiger partial charge >= 0.3 is 0 Å². The van der Waals surface area contributed by atoms with Crippen LogP contribution < -0.4 is 4.90 Å². The third kappa shape index (κ3) is 1.35. The number of para-hydroxylation sites is 1. The molecule has 1 amide bonds. The van der Waals surface area contributed by atoms with Gasteiger partial charge in [0, 0.05) is 11.1 Å². The maximum absolute atomic E-state index is 11.4. The Hall–Kier alpha value is -1.22. The number of carbonyl (C=O) groups excluding carboxylic acids is 1. The molecule has 1 aromatic rings. The first-order valence-electron chi connectivity index (χ1n) is 3.99. The van der Waals surface area contributed by atoms with Crippen molar-refractivity contribution >= 4 is 23.4 Å². The van der Waals surface area contributed by atoms with Crippen molar-refractivity contribution in [2.24, 2.45) is 0 Å². The Morgan fingerprint density at radius 2 is 2.23 bits per heavy atom. The van der Waals surface area contributed by atoms with Crippen LogP contribution in [-0.2, 0) is 4.79 Å². The van der Waals surface area contributed by atoms with Crippen molar-refractivity contribution in [2.45, 2.75) is 4.90 Å². The molecule has 0 saturated heterocycles. The Morgan fingerprint density at radius 3 is 3.00 bits per heavy atom. The highest BCUT2D eigenvalue weighted by molar-refractivity contribution is 8.00. The van der Waals surface area contributed by atoms with E-state index >= 15 is 0 Å². The number of amides is 1. The number of benzene rings is 1. The number of hydrogen-bond donors (Lipinski definition) is 0. The van der Waals surface area contributed by atoms with Gasteiger partial charge in [0.15, 0.2) is 0 Å². The fraction of sp³-hybridized carbons (Fsp3) is 0.100. The summed E-state index contributed by atoms with van der Waals surface area (Å²) in [6, 6.07) is 7.85. The molecular weight excluding hydrogens is 182 g/mol. The predicted molar refractivity (Wildman–Crippen MR) is 54.8 cm³/mol. The molecule has 3 heteroatoms. The minimum Gasteiger partial charge on any atom is -0.287 e. The lowest BCUT2D eigenvalue weighted by Crippen LogP contribution is -2.29. The third-order valence-corrected chi connectivity index (χ3v) is 2.97. The molecule has 0 spiro atoms. The lowest BCUT2D eigenvalue weighted by atomic mass is 10.3. The second-order valence-electron chi connectivity index (χ2n) is 2.70. The molecule has 0 N–H and O–H groups in total. The molecule has 66 valence electrons. The third-order valence-electron chi connectivity index (χ3n) is 1.93. The number of hydrogen-bond acceptors (Lipinski definition) is 2. The zero-order chi connectivity index (χ0) is 9.26. The molecule has 1 aromatic carbocycles. The largest absolute Gasteiger partial charge is 0.287 e. The summed E-state index contributed by atoms with van der Waals surface area (Å²) in [6.07, 6.45) is 1.57. The van der Waals surface area contributed by atoms with Crippen molar-refractivity contribution in [3.8, 4) is 0 Å². The van der Waals surface area contributed by atoms with Gasteiger partial charge in [-0.05, 0) is 12.1 Å². The van der Waals surface area contributed by atoms with Gasteiger partial charge < -0.3 is 0 Å². The van der Waals surface area contributed by atoms with Crippen LogP contribution >= 0.6 is 11.8 Å². The van der Waals surface area contributed by atoms with Crippen molar-refractivity contribution in [3.63, 3.8) is 0 Å². The first-order chi connectivity index (χ1) is 6.33. The molecule has 0 atom stereocenters. The SMILES string of the molecule is C=CN1C(=O)CSc2ccccc21. The first-order valence-corrected chi connectivity index (χ1v) is 4.98. The van der Waals surface area contributed by atoms with Crippen LogP contribution in [0.3, 0.4) is 0 Å². The summed E-state index contributed by atoms with van der Waals surface area (Å²) in [5, 5.41) is 0. The molecule has 0 saturated carbocycles. The van der Waals surface area contributed by atoms with E-state index in [-0.39, 0.29) is 5.91 Å². The van der Waals surface area contributed by atoms with Crippen LogP contribution in [0.15, 0.2) is 41.9 Å². The topological polar surface area (TPSA) is 20.3 Å². The molecule has 1 aliphatic heterocycles. The summed E-state index contributed by atoms with van der Waals surface area (Å²) in [6.45, 7) is 3.63. The Kier molecular flexibility index (Phi) is 2.10. The minimum absolute atomic E-state index is 0.0960. The maximum Gasteiger partial charge on any atom is 0.241 e. The lowest BCUT2D eigenvalue weighted by molar-refractivity contribution is -0.115. The fourth-order valence-corrected chi connectivity index (χ4v) is 2.23. The summed E-state index contributed by atoms with van der Waals surface area (Å²) in [4.78, 5) is 14.2. The van der Waals surface area contributed by atoms with E-state index in [4.69, 9.17) is 0 Å². The quantitative estimate of drug-likeness (QED) is 0.678. The van der Waals surface area contributed by atoms with Gasteiger partial charge in [0.2, 0.25) is 5.91 Å². The highest BCUT2D eigenvalue weighted by atomic mass is 32.2. The van der Waals surface area contributed by atoms with Gasteiger partial charge in [-0.2, -0.15) is 0 Å². The van der Waals surface area contributed by atoms with Gasteiger partial charge in [-0.15, -0.1) is 11.8 Å². The van der Waals surface area contributed by atoms with Gasteiger partial charge in [0.05, 0.1) is 11.4 Å². The number of anilines is 1. The summed E-state index contributed by atoms with van der Waals surface area (Å²) in [7, 11) is 0. The van der Waals surface area contributed by atoms with Gasteiger partial charge in [-0.3, -0.25) is 9.69 Å². The molecule has 0 unspecified atom stereocenters. The first kappa shape index (κ1) is 8.38. The Morgan fingerprint density at radius 1 is 1.46 bits per heavy atom. The number of thioether (sulfide) groups is 1. The fourth-order valence-electron chi connectivity index (χ4n) is 1.32. The monoisotopic (exact) mass is 191 g/mol. The molecule has 1 heterocycles. The smallest absolute Gasteiger partial charge is 0.241 e. The Labute approximate surface area is 81.2 Å². The van der Waals surface area contributed by atoms with Crippen molar-refractivity contribution in [3.05, 3.63) is 37.0 Å². The molecule has 0 aliphatic carbocycles. The molecular formula is C10H9NOS. The van der Waals surface area contributed by atoms with Crippen LogP contribution in [0.4, 0.5) is 5.69 Å². The van der Waals surface area contributed by atoms with Crippen molar-refractivity contribution in [2.75, 3.05) is 10.7 Å². The van der Waals surface area contributed by atoms with E-state index < -0.39 is 0 Å². The van der Waals surface area contributed by atoms with Gasteiger partial charge in [-0.1, -0.05) is 18.7 Å². The van der Waals surface area contributed by atoms with Crippen LogP contribution in [0.1, 0.15) is 0 Å². The van der Waals surface area contributed by atoms with Gasteiger partial charge in [0.1, 0.15) is 0 Å². The standard InChI is InChI=1S/C10H9NOS/c1-2-11-8-5-3-4-6-9(8)13-7-10(11)12/h2-6H,1,7H2. The molecule has 0 bridgehead atoms. The van der Waals surface area contributed by atoms with E-state index in [0.29, 0.717) is 5.75 Å². The normalized spacial score (nSPS) is 15.4. The van der Waals surface area contributed by atoms with E-state index in [0.717, 1.165) is 10.6 Å². The number of rotatable bonds is 1. The van der Waals surface area contributed by atoms with Crippen molar-refractivity contribution in [1.82, 2.24) is 0 Å². The highest BCUT2D eigenvalue weighted by Gasteiger charge is 2.21. The van der Waals surface area contributed by atoms with E-state index in [2.05, 4.69) is 6.58 Å². The molecule has 1 aliphatic rings. The lowest BCUT2D eigenvalue weighted by Gasteiger charge is -2.25. The summed E-state index contributed by atoms with van der Waals surface area (Å²) < 4.78 is 0. The molecule has 0 radical (unpaired) electrons. The molecule has 2 nitrogen and oxygen atoms in total. The van der Waals surface area contributed by atoms with Crippen LogP contribution in [0.25, 0.3) is 0 Å². The second kappa shape index (κ2) is 3.26. The van der Waals surface area contributed by atoms with Gasteiger partial charge in [-0.25, -0.2) is 0 Å². The van der Waals surface area contributed by atoms with E-state index in [1.165, 1.54) is 0 Å². The molecule has 13 heavy (non-hydrogen) atoms. The Balaban J connectivity index is 2.50. The van der Waals surface area contributed by atoms with Gasteiger partial charge in [0.25, 0.3) is 0 Å². The predicted octanol–water partition coefficient (Wildman–Crippen LogP) is 2.27. The average molecular weight is 191 g/mol. The highest BCUT2D eigenvalue weighted by Crippen LogP contribution is 2.34. The van der Waals surface area contributed by atoms with Crippen molar-refractivity contribution < 1.29 is 4.79 Å². The number of nitrogens with zero attached hydrogens (tertiary/aromatic N) is 1. The zero-order valence-corrected chi connectivity index (χ0v) is 7.88. The van der Waals surface area contributed by atoms with E-state index in [1.54, 1.807) is 22.9 Å². The molecule has 2 rings (SSSR count). The number of fused-ring (bicyclic) bond motifs is 1. The zero-order valence-electron chi connectivity index (χ0n) is 7.06. The summed E-state index contributed by atoms with van der Waals surface area (Å²) in [5.74, 6) is 0.599. The molecule has 0 fully saturated rings. The molecule has 0 aromatic heterocycles. The van der Waals surface area contributed by atoms with E-state index in [9.17, 15) is 4.79 Å². The Bertz CT molecular complexity index is 362. The second-order valence-corrected chi connectivity index (χ2v) is 3.72. The van der Waals surface area contributed by atoms with Crippen molar-refractivity contribution in [1.29, 1.82) is 0 Å². The summed E-state index contributed by atoms with van der Waals surface area (Å²) in [5.41, 5.74) is 0.943. The maximum atomic E-state index is 11.4. The van der Waals surface area contributed by atoms with E-state index in [1.807, 2.05) is 24.3 Å². The van der Waals surface area contributed by atoms with Crippen LogP contribution in [0.2, 0.25) is 0 Å². The van der Waals surface area contributed by atoms with Crippen LogP contribution in [0, 0.1) is 0 Å². The minimum atomic E-state index is 0.0960. The van der Waals surface area contributed by atoms with Crippen LogP contribution in [-0.4, -0.2) is 11.7 Å². The number of carbonyl (C=O) groups is 1. The summed E-state index contributed by atoms with van der Waals surface area (Å²) >= 11 is 1.58. The average Bonchev–Trinajstić information content (AvgIpc) is 2.18. The van der Waals surface area contributed by atoms with Crippen LogP contribution in [0.5, 0.6) is 0 Å².